The van der Waals surface area contributed by atoms with Crippen molar-refractivity contribution in [3.05, 3.63) is 71.3 Å². The van der Waals surface area contributed by atoms with E-state index in [0.29, 0.717) is 5.56 Å². The van der Waals surface area contributed by atoms with E-state index >= 15 is 0 Å². The normalized spacial score (nSPS) is 10.6. The van der Waals surface area contributed by atoms with E-state index in [2.05, 4.69) is 41.5 Å². The maximum absolute atomic E-state index is 11.4. The van der Waals surface area contributed by atoms with Gasteiger partial charge in [-0.25, -0.2) is 5.84 Å². The van der Waals surface area contributed by atoms with E-state index in [1.54, 1.807) is 12.1 Å². The molecule has 2 aromatic carbocycles. The van der Waals surface area contributed by atoms with E-state index in [9.17, 15) is 4.79 Å². The van der Waals surface area contributed by atoms with Crippen molar-refractivity contribution in [3.8, 4) is 0 Å². The molecule has 1 amide bonds. The van der Waals surface area contributed by atoms with Crippen LogP contribution in [0.5, 0.6) is 0 Å². The Balaban J connectivity index is 2.00. The van der Waals surface area contributed by atoms with Crippen LogP contribution in [-0.2, 0) is 13.1 Å². The van der Waals surface area contributed by atoms with Crippen LogP contribution in [0.4, 0.5) is 0 Å². The zero-order valence-corrected chi connectivity index (χ0v) is 12.3. The number of carbonyl (C=O) groups is 1. The summed E-state index contributed by atoms with van der Waals surface area (Å²) in [5.74, 6) is 4.86. The van der Waals surface area contributed by atoms with Crippen molar-refractivity contribution in [1.82, 2.24) is 10.3 Å². The van der Waals surface area contributed by atoms with Gasteiger partial charge in [0.2, 0.25) is 0 Å². The highest BCUT2D eigenvalue weighted by atomic mass is 16.2. The topological polar surface area (TPSA) is 58.4 Å². The average molecular weight is 283 g/mol. The fourth-order valence-corrected chi connectivity index (χ4v) is 2.22. The molecule has 21 heavy (non-hydrogen) atoms. The largest absolute Gasteiger partial charge is 0.295 e. The molecule has 4 heteroatoms. The molecule has 2 aromatic rings. The van der Waals surface area contributed by atoms with Crippen molar-refractivity contribution in [2.24, 2.45) is 5.84 Å². The minimum absolute atomic E-state index is 0.266. The standard InChI is InChI=1S/C17H21N3O/c1-2-20(12-14-6-4-3-5-7-14)13-15-8-10-16(11-9-15)17(21)19-18/h3-11H,2,12-13,18H2,1H3,(H,19,21). The third-order valence-corrected chi connectivity index (χ3v) is 3.45. The third-order valence-electron chi connectivity index (χ3n) is 3.45. The third kappa shape index (κ3) is 4.41. The van der Waals surface area contributed by atoms with Gasteiger partial charge in [0.25, 0.3) is 5.91 Å². The molecule has 4 nitrogen and oxygen atoms in total. The van der Waals surface area contributed by atoms with Crippen molar-refractivity contribution in [1.29, 1.82) is 0 Å². The predicted octanol–water partition coefficient (Wildman–Crippen LogP) is 2.31. The van der Waals surface area contributed by atoms with Crippen LogP contribution in [0.1, 0.15) is 28.4 Å². The van der Waals surface area contributed by atoms with Gasteiger partial charge in [0.15, 0.2) is 0 Å². The molecule has 2 rings (SSSR count). The van der Waals surface area contributed by atoms with Crippen LogP contribution in [0.2, 0.25) is 0 Å². The number of hydrogen-bond donors (Lipinski definition) is 2. The number of nitrogens with two attached hydrogens (primary N) is 1. The number of benzene rings is 2. The van der Waals surface area contributed by atoms with Crippen molar-refractivity contribution >= 4 is 5.91 Å². The molecule has 0 aromatic heterocycles. The molecule has 110 valence electrons. The summed E-state index contributed by atoms with van der Waals surface area (Å²) in [5, 5.41) is 0. The van der Waals surface area contributed by atoms with Crippen molar-refractivity contribution in [2.45, 2.75) is 20.0 Å². The van der Waals surface area contributed by atoms with Crippen LogP contribution in [0.25, 0.3) is 0 Å². The molecule has 0 saturated carbocycles. The van der Waals surface area contributed by atoms with E-state index in [-0.39, 0.29) is 5.91 Å². The summed E-state index contributed by atoms with van der Waals surface area (Å²) in [7, 11) is 0. The predicted molar refractivity (Wildman–Crippen MR) is 84.3 cm³/mol. The molecule has 0 spiro atoms. The second kappa shape index (κ2) is 7.57. The Morgan fingerprint density at radius 3 is 2.10 bits per heavy atom. The van der Waals surface area contributed by atoms with Gasteiger partial charge in [0, 0.05) is 18.7 Å². The highest BCUT2D eigenvalue weighted by Crippen LogP contribution is 2.11. The number of hydrogen-bond acceptors (Lipinski definition) is 3. The van der Waals surface area contributed by atoms with Crippen molar-refractivity contribution in [3.63, 3.8) is 0 Å². The first-order valence-corrected chi connectivity index (χ1v) is 7.09. The fourth-order valence-electron chi connectivity index (χ4n) is 2.22. The Hall–Kier alpha value is -2.17. The number of nitrogen functional groups attached to an aromatic ring is 1. The monoisotopic (exact) mass is 283 g/mol. The van der Waals surface area contributed by atoms with Crippen LogP contribution in [0, 0.1) is 0 Å². The van der Waals surface area contributed by atoms with Crippen LogP contribution in [0.15, 0.2) is 54.6 Å². The second-order valence-electron chi connectivity index (χ2n) is 4.96. The highest BCUT2D eigenvalue weighted by molar-refractivity contribution is 5.93. The van der Waals surface area contributed by atoms with Gasteiger partial charge in [-0.3, -0.25) is 15.1 Å². The summed E-state index contributed by atoms with van der Waals surface area (Å²) in [6.07, 6.45) is 0. The quantitative estimate of drug-likeness (QED) is 0.486. The molecule has 0 bridgehead atoms. The lowest BCUT2D eigenvalue weighted by atomic mass is 10.1. The minimum Gasteiger partial charge on any atom is -0.295 e. The number of hydrazine groups is 1. The molecule has 0 saturated heterocycles. The summed E-state index contributed by atoms with van der Waals surface area (Å²) in [6, 6.07) is 18.0. The summed E-state index contributed by atoms with van der Waals surface area (Å²) >= 11 is 0. The lowest BCUT2D eigenvalue weighted by Gasteiger charge is -2.20. The van der Waals surface area contributed by atoms with E-state index in [4.69, 9.17) is 5.84 Å². The Morgan fingerprint density at radius 2 is 1.57 bits per heavy atom. The Labute approximate surface area is 125 Å². The van der Waals surface area contributed by atoms with Gasteiger partial charge in [-0.1, -0.05) is 49.4 Å². The number of amides is 1. The van der Waals surface area contributed by atoms with Gasteiger partial charge in [-0.15, -0.1) is 0 Å². The van der Waals surface area contributed by atoms with Gasteiger partial charge < -0.3 is 0 Å². The Morgan fingerprint density at radius 1 is 1.00 bits per heavy atom. The lowest BCUT2D eigenvalue weighted by Crippen LogP contribution is -2.30. The van der Waals surface area contributed by atoms with Crippen LogP contribution < -0.4 is 11.3 Å². The Bertz CT molecular complexity index is 566. The molecular formula is C17H21N3O. The van der Waals surface area contributed by atoms with Crippen LogP contribution in [-0.4, -0.2) is 17.4 Å². The first-order chi connectivity index (χ1) is 10.2. The van der Waals surface area contributed by atoms with Crippen LogP contribution >= 0.6 is 0 Å². The van der Waals surface area contributed by atoms with Crippen LogP contribution in [0.3, 0.4) is 0 Å². The van der Waals surface area contributed by atoms with Gasteiger partial charge in [-0.2, -0.15) is 0 Å². The zero-order chi connectivity index (χ0) is 15.1. The average Bonchev–Trinajstić information content (AvgIpc) is 2.55. The lowest BCUT2D eigenvalue weighted by molar-refractivity contribution is 0.0953. The number of rotatable bonds is 6. The summed E-state index contributed by atoms with van der Waals surface area (Å²) < 4.78 is 0. The molecular weight excluding hydrogens is 262 g/mol. The molecule has 0 radical (unpaired) electrons. The molecule has 0 aliphatic heterocycles. The number of carbonyl (C=O) groups excluding carboxylic acids is 1. The Kier molecular flexibility index (Phi) is 5.49. The van der Waals surface area contributed by atoms with E-state index < -0.39 is 0 Å². The number of nitrogens with one attached hydrogen (secondary N) is 1. The van der Waals surface area contributed by atoms with Gasteiger partial charge in [0.1, 0.15) is 0 Å². The molecule has 0 atom stereocenters. The summed E-state index contributed by atoms with van der Waals surface area (Å²) in [5.41, 5.74) is 5.20. The van der Waals surface area contributed by atoms with Crippen molar-refractivity contribution < 1.29 is 4.79 Å². The molecule has 0 aliphatic carbocycles. The zero-order valence-electron chi connectivity index (χ0n) is 12.3. The summed E-state index contributed by atoms with van der Waals surface area (Å²) in [4.78, 5) is 13.8. The number of nitrogens with zero attached hydrogens (tertiary/aromatic N) is 1. The maximum atomic E-state index is 11.4. The smallest absolute Gasteiger partial charge is 0.265 e. The van der Waals surface area contributed by atoms with E-state index in [1.807, 2.05) is 18.2 Å². The molecule has 0 aliphatic rings. The SMILES string of the molecule is CCN(Cc1ccccc1)Cc1ccc(C(=O)NN)cc1. The second-order valence-corrected chi connectivity index (χ2v) is 4.96. The van der Waals surface area contributed by atoms with E-state index in [0.717, 1.165) is 19.6 Å². The fraction of sp³-hybridized carbons (Fsp3) is 0.235. The molecule has 3 N–H and O–H groups in total. The first kappa shape index (κ1) is 15.2. The highest BCUT2D eigenvalue weighted by Gasteiger charge is 2.07. The maximum Gasteiger partial charge on any atom is 0.265 e. The molecule has 0 unspecified atom stereocenters. The minimum atomic E-state index is -0.266. The molecule has 0 heterocycles. The van der Waals surface area contributed by atoms with Gasteiger partial charge >= 0.3 is 0 Å². The van der Waals surface area contributed by atoms with Gasteiger partial charge in [0.05, 0.1) is 0 Å². The van der Waals surface area contributed by atoms with Crippen molar-refractivity contribution in [2.75, 3.05) is 6.54 Å². The first-order valence-electron chi connectivity index (χ1n) is 7.09. The summed E-state index contributed by atoms with van der Waals surface area (Å²) in [6.45, 7) is 4.90. The molecule has 0 fully saturated rings. The van der Waals surface area contributed by atoms with E-state index in [1.165, 1.54) is 11.1 Å². The van der Waals surface area contributed by atoms with Gasteiger partial charge in [-0.05, 0) is 29.8 Å².